The topological polar surface area (TPSA) is 81.6 Å². The number of nitrogens with zero attached hydrogens (tertiary/aromatic N) is 4. The molecule has 0 spiro atoms. The Morgan fingerprint density at radius 3 is 2.62 bits per heavy atom. The van der Waals surface area contributed by atoms with Crippen molar-refractivity contribution in [2.75, 3.05) is 44.6 Å². The van der Waals surface area contributed by atoms with Gasteiger partial charge in [0.15, 0.2) is 0 Å². The number of nitrogens with one attached hydrogen (secondary N) is 1. The number of β-amino-alcohol motifs (C(OH)–C–C–N with tert-alkyl or cyclic N) is 1. The van der Waals surface area contributed by atoms with Crippen LogP contribution in [0.25, 0.3) is 0 Å². The fraction of sp³-hybridized carbons (Fsp3) is 0.643. The first-order chi connectivity index (χ1) is 10.1. The third kappa shape index (κ3) is 5.28. The average molecular weight is 293 g/mol. The van der Waals surface area contributed by atoms with E-state index >= 15 is 0 Å². The number of carbonyl (C=O) groups is 1. The maximum absolute atomic E-state index is 12.1. The van der Waals surface area contributed by atoms with E-state index in [1.165, 1.54) is 0 Å². The van der Waals surface area contributed by atoms with Gasteiger partial charge in [0.2, 0.25) is 11.9 Å². The number of hydrogen-bond donors (Lipinski definition) is 2. The predicted molar refractivity (Wildman–Crippen MR) is 79.8 cm³/mol. The zero-order chi connectivity index (χ0) is 15.1. The van der Waals surface area contributed by atoms with Gasteiger partial charge in [-0.15, -0.1) is 0 Å². The molecule has 0 aromatic carbocycles. The first-order valence-electron chi connectivity index (χ1n) is 7.34. The van der Waals surface area contributed by atoms with Gasteiger partial charge in [-0.3, -0.25) is 9.69 Å². The van der Waals surface area contributed by atoms with Crippen LogP contribution in [-0.4, -0.2) is 76.2 Å². The normalized spacial score (nSPS) is 17.5. The fourth-order valence-corrected chi connectivity index (χ4v) is 2.38. The lowest BCUT2D eigenvalue weighted by atomic mass is 10.2. The summed E-state index contributed by atoms with van der Waals surface area (Å²) in [5.74, 6) is 0.696. The maximum Gasteiger partial charge on any atom is 0.224 e. The largest absolute Gasteiger partial charge is 0.392 e. The maximum atomic E-state index is 12.1. The third-order valence-corrected chi connectivity index (χ3v) is 3.44. The molecule has 1 unspecified atom stereocenters. The van der Waals surface area contributed by atoms with Crippen molar-refractivity contribution in [2.45, 2.75) is 19.4 Å². The Bertz CT molecular complexity index is 432. The molecule has 21 heavy (non-hydrogen) atoms. The predicted octanol–water partition coefficient (Wildman–Crippen LogP) is -0.196. The van der Waals surface area contributed by atoms with E-state index in [0.29, 0.717) is 25.5 Å². The zero-order valence-corrected chi connectivity index (χ0v) is 12.4. The quantitative estimate of drug-likeness (QED) is 0.756. The first-order valence-corrected chi connectivity index (χ1v) is 7.34. The summed E-state index contributed by atoms with van der Waals surface area (Å²) < 4.78 is 0. The van der Waals surface area contributed by atoms with Crippen LogP contribution in [0, 0.1) is 0 Å². The fourth-order valence-electron chi connectivity index (χ4n) is 2.38. The minimum atomic E-state index is -0.317. The molecule has 0 aliphatic carbocycles. The highest BCUT2D eigenvalue weighted by Gasteiger charge is 2.21. The van der Waals surface area contributed by atoms with Crippen molar-refractivity contribution in [3.8, 4) is 0 Å². The summed E-state index contributed by atoms with van der Waals surface area (Å²) in [5, 5.41) is 12.4. The summed E-state index contributed by atoms with van der Waals surface area (Å²) >= 11 is 0. The van der Waals surface area contributed by atoms with E-state index in [2.05, 4.69) is 20.2 Å². The second-order valence-electron chi connectivity index (χ2n) is 5.28. The van der Waals surface area contributed by atoms with Crippen LogP contribution in [-0.2, 0) is 4.79 Å². The van der Waals surface area contributed by atoms with Gasteiger partial charge in [0.05, 0.1) is 6.10 Å². The first kappa shape index (κ1) is 15.7. The second-order valence-corrected chi connectivity index (χ2v) is 5.28. The molecule has 116 valence electrons. The van der Waals surface area contributed by atoms with E-state index in [9.17, 15) is 9.90 Å². The molecule has 1 saturated heterocycles. The third-order valence-electron chi connectivity index (χ3n) is 3.44. The molecule has 7 nitrogen and oxygen atoms in total. The Hall–Kier alpha value is -1.73. The molecular formula is C14H23N5O2. The molecule has 0 saturated carbocycles. The van der Waals surface area contributed by atoms with Gasteiger partial charge in [0.1, 0.15) is 0 Å². The Morgan fingerprint density at radius 1 is 1.33 bits per heavy atom. The van der Waals surface area contributed by atoms with E-state index in [0.717, 1.165) is 26.2 Å². The molecule has 1 atom stereocenters. The van der Waals surface area contributed by atoms with Gasteiger partial charge in [-0.2, -0.15) is 0 Å². The van der Waals surface area contributed by atoms with Gasteiger partial charge in [0.25, 0.3) is 0 Å². The average Bonchev–Trinajstić information content (AvgIpc) is 2.48. The number of amides is 1. The number of rotatable bonds is 6. The van der Waals surface area contributed by atoms with Crippen molar-refractivity contribution in [1.29, 1.82) is 0 Å². The SMILES string of the molecule is CC(O)CN1CCN(C(=O)CCNc2ncccn2)CC1. The molecule has 0 radical (unpaired) electrons. The van der Waals surface area contributed by atoms with Crippen molar-refractivity contribution >= 4 is 11.9 Å². The molecule has 7 heteroatoms. The molecule has 1 aromatic rings. The van der Waals surface area contributed by atoms with E-state index in [1.807, 2.05) is 4.90 Å². The van der Waals surface area contributed by atoms with Crippen molar-refractivity contribution in [1.82, 2.24) is 19.8 Å². The Kier molecular flexibility index (Phi) is 5.89. The van der Waals surface area contributed by atoms with E-state index < -0.39 is 0 Å². The molecule has 1 fully saturated rings. The lowest BCUT2D eigenvalue weighted by Gasteiger charge is -2.35. The molecule has 2 N–H and O–H groups in total. The van der Waals surface area contributed by atoms with Gasteiger partial charge < -0.3 is 15.3 Å². The Morgan fingerprint density at radius 2 is 2.00 bits per heavy atom. The van der Waals surface area contributed by atoms with Crippen molar-refractivity contribution in [3.05, 3.63) is 18.5 Å². The molecule has 2 heterocycles. The highest BCUT2D eigenvalue weighted by atomic mass is 16.3. The number of aliphatic hydroxyl groups excluding tert-OH is 1. The highest BCUT2D eigenvalue weighted by Crippen LogP contribution is 2.05. The number of carbonyl (C=O) groups excluding carboxylic acids is 1. The van der Waals surface area contributed by atoms with E-state index in [4.69, 9.17) is 0 Å². The van der Waals surface area contributed by atoms with Crippen molar-refractivity contribution in [2.24, 2.45) is 0 Å². The smallest absolute Gasteiger partial charge is 0.224 e. The minimum absolute atomic E-state index is 0.148. The van der Waals surface area contributed by atoms with Crippen LogP contribution in [0.3, 0.4) is 0 Å². The van der Waals surface area contributed by atoms with Crippen molar-refractivity contribution in [3.63, 3.8) is 0 Å². The molecule has 1 aliphatic heterocycles. The van der Waals surface area contributed by atoms with Gasteiger partial charge in [-0.25, -0.2) is 9.97 Å². The molecule has 1 amide bonds. The van der Waals surface area contributed by atoms with Gasteiger partial charge >= 0.3 is 0 Å². The summed E-state index contributed by atoms with van der Waals surface area (Å²) in [6.07, 6.45) is 3.45. The summed E-state index contributed by atoms with van der Waals surface area (Å²) in [6, 6.07) is 1.75. The molecule has 1 aliphatic rings. The summed E-state index contributed by atoms with van der Waals surface area (Å²) in [6.45, 7) is 6.11. The van der Waals surface area contributed by atoms with Gasteiger partial charge in [-0.05, 0) is 13.0 Å². The molecule has 2 rings (SSSR count). The van der Waals surface area contributed by atoms with Crippen LogP contribution in [0.15, 0.2) is 18.5 Å². The van der Waals surface area contributed by atoms with Gasteiger partial charge in [-0.1, -0.05) is 0 Å². The van der Waals surface area contributed by atoms with E-state index in [-0.39, 0.29) is 12.0 Å². The summed E-state index contributed by atoms with van der Waals surface area (Å²) in [5.41, 5.74) is 0. The number of piperazine rings is 1. The molecule has 0 bridgehead atoms. The zero-order valence-electron chi connectivity index (χ0n) is 12.4. The lowest BCUT2D eigenvalue weighted by Crippen LogP contribution is -2.50. The van der Waals surface area contributed by atoms with Gasteiger partial charge in [0, 0.05) is 58.1 Å². The van der Waals surface area contributed by atoms with Crippen LogP contribution >= 0.6 is 0 Å². The van der Waals surface area contributed by atoms with Crippen LogP contribution < -0.4 is 5.32 Å². The molecule has 1 aromatic heterocycles. The Labute approximate surface area is 125 Å². The highest BCUT2D eigenvalue weighted by molar-refractivity contribution is 5.76. The standard InChI is InChI=1S/C14H23N5O2/c1-12(20)11-18-7-9-19(10-8-18)13(21)3-6-17-14-15-4-2-5-16-14/h2,4-5,12,20H,3,6-11H2,1H3,(H,15,16,17). The van der Waals surface area contributed by atoms with E-state index in [1.54, 1.807) is 25.4 Å². The molecular weight excluding hydrogens is 270 g/mol. The Balaban J connectivity index is 1.65. The number of anilines is 1. The van der Waals surface area contributed by atoms with Crippen LogP contribution in [0.5, 0.6) is 0 Å². The second kappa shape index (κ2) is 7.90. The van der Waals surface area contributed by atoms with Crippen LogP contribution in [0.1, 0.15) is 13.3 Å². The lowest BCUT2D eigenvalue weighted by molar-refractivity contribution is -0.132. The minimum Gasteiger partial charge on any atom is -0.392 e. The monoisotopic (exact) mass is 293 g/mol. The number of hydrogen-bond acceptors (Lipinski definition) is 6. The summed E-state index contributed by atoms with van der Waals surface area (Å²) in [4.78, 5) is 24.3. The number of aromatic nitrogens is 2. The summed E-state index contributed by atoms with van der Waals surface area (Å²) in [7, 11) is 0. The van der Waals surface area contributed by atoms with Crippen LogP contribution in [0.4, 0.5) is 5.95 Å². The van der Waals surface area contributed by atoms with Crippen molar-refractivity contribution < 1.29 is 9.90 Å². The van der Waals surface area contributed by atoms with Crippen LogP contribution in [0.2, 0.25) is 0 Å². The number of aliphatic hydroxyl groups is 1.